The molecule has 7 nitrogen and oxygen atoms in total. The minimum absolute atomic E-state index is 0.0726. The highest BCUT2D eigenvalue weighted by molar-refractivity contribution is 7.99. The molecule has 4 rings (SSSR count). The topological polar surface area (TPSA) is 86.1 Å². The molecular weight excluding hydrogens is 516 g/mol. The summed E-state index contributed by atoms with van der Waals surface area (Å²) in [6.45, 7) is 6.28. The third-order valence-corrected chi connectivity index (χ3v) is 7.34. The van der Waals surface area contributed by atoms with E-state index < -0.39 is 5.97 Å². The number of carbonyl (C=O) groups is 2. The van der Waals surface area contributed by atoms with E-state index in [0.717, 1.165) is 16.7 Å². The van der Waals surface area contributed by atoms with Gasteiger partial charge in [-0.3, -0.25) is 9.36 Å². The number of rotatable bonds is 9. The standard InChI is InChI=1S/C26H23ClN4O3S2/c1-4-12-31-23(18-6-5-7-19(27)13-18)29-30-26(31)36-15-21(32)28-24-22(25(33)34-3)20(14-35-24)17-10-8-16(2)9-11-17/h4-11,13-14H,1,12,15H2,2-3H3,(H,28,32). The average Bonchev–Trinajstić information content (AvgIpc) is 3.47. The molecule has 2 aromatic heterocycles. The summed E-state index contributed by atoms with van der Waals surface area (Å²) < 4.78 is 6.87. The van der Waals surface area contributed by atoms with Crippen LogP contribution in [-0.2, 0) is 16.1 Å². The summed E-state index contributed by atoms with van der Waals surface area (Å²) in [5, 5.41) is 14.9. The Morgan fingerprint density at radius 1 is 1.19 bits per heavy atom. The number of nitrogens with one attached hydrogen (secondary N) is 1. The van der Waals surface area contributed by atoms with Crippen molar-refractivity contribution in [2.45, 2.75) is 18.6 Å². The lowest BCUT2D eigenvalue weighted by molar-refractivity contribution is -0.113. The van der Waals surface area contributed by atoms with Gasteiger partial charge in [0.25, 0.3) is 0 Å². The van der Waals surface area contributed by atoms with Crippen LogP contribution in [0.1, 0.15) is 15.9 Å². The van der Waals surface area contributed by atoms with Crippen molar-refractivity contribution in [1.29, 1.82) is 0 Å². The summed E-state index contributed by atoms with van der Waals surface area (Å²) in [7, 11) is 1.32. The third kappa shape index (κ3) is 5.70. The van der Waals surface area contributed by atoms with Crippen molar-refractivity contribution in [1.82, 2.24) is 14.8 Å². The van der Waals surface area contributed by atoms with Crippen LogP contribution in [0.25, 0.3) is 22.5 Å². The zero-order valence-corrected chi connectivity index (χ0v) is 22.0. The lowest BCUT2D eigenvalue weighted by Gasteiger charge is -2.09. The number of ether oxygens (including phenoxy) is 1. The molecule has 0 fully saturated rings. The number of thiophene rings is 1. The van der Waals surface area contributed by atoms with Gasteiger partial charge in [0.1, 0.15) is 10.6 Å². The van der Waals surface area contributed by atoms with E-state index in [1.54, 1.807) is 12.1 Å². The Kier molecular flexibility index (Phi) is 8.25. The van der Waals surface area contributed by atoms with E-state index in [1.807, 2.05) is 59.3 Å². The van der Waals surface area contributed by atoms with Gasteiger partial charge >= 0.3 is 5.97 Å². The smallest absolute Gasteiger partial charge is 0.341 e. The SMILES string of the molecule is C=CCn1c(SCC(=O)Nc2scc(-c3ccc(C)cc3)c2C(=O)OC)nnc1-c1cccc(Cl)c1. The van der Waals surface area contributed by atoms with Crippen LogP contribution in [0, 0.1) is 6.92 Å². The average molecular weight is 539 g/mol. The van der Waals surface area contributed by atoms with Crippen molar-refractivity contribution in [3.8, 4) is 22.5 Å². The first kappa shape index (κ1) is 25.7. The predicted molar refractivity (Wildman–Crippen MR) is 146 cm³/mol. The Morgan fingerprint density at radius 3 is 2.67 bits per heavy atom. The van der Waals surface area contributed by atoms with Gasteiger partial charge in [0.15, 0.2) is 11.0 Å². The Balaban J connectivity index is 1.52. The van der Waals surface area contributed by atoms with E-state index in [4.69, 9.17) is 16.3 Å². The highest BCUT2D eigenvalue weighted by atomic mass is 35.5. The highest BCUT2D eigenvalue weighted by Crippen LogP contribution is 2.36. The number of aryl methyl sites for hydroxylation is 1. The molecule has 0 aliphatic carbocycles. The first-order valence-corrected chi connectivity index (χ1v) is 13.1. The molecule has 0 atom stereocenters. The van der Waals surface area contributed by atoms with Crippen LogP contribution in [0.15, 0.2) is 71.7 Å². The molecule has 1 amide bonds. The molecule has 0 aliphatic rings. The molecule has 184 valence electrons. The molecule has 4 aromatic rings. The Morgan fingerprint density at radius 2 is 1.97 bits per heavy atom. The van der Waals surface area contributed by atoms with Gasteiger partial charge < -0.3 is 10.1 Å². The van der Waals surface area contributed by atoms with Crippen LogP contribution < -0.4 is 5.32 Å². The first-order chi connectivity index (χ1) is 17.4. The maximum atomic E-state index is 12.9. The maximum absolute atomic E-state index is 12.9. The summed E-state index contributed by atoms with van der Waals surface area (Å²) in [6, 6.07) is 15.2. The van der Waals surface area contributed by atoms with Gasteiger partial charge in [-0.1, -0.05) is 71.4 Å². The highest BCUT2D eigenvalue weighted by Gasteiger charge is 2.23. The van der Waals surface area contributed by atoms with Gasteiger partial charge in [-0.15, -0.1) is 28.1 Å². The molecule has 0 saturated carbocycles. The molecule has 2 heterocycles. The zero-order chi connectivity index (χ0) is 25.7. The molecule has 0 bridgehead atoms. The van der Waals surface area contributed by atoms with Gasteiger partial charge in [-0.2, -0.15) is 0 Å². The Hall–Kier alpha value is -3.40. The molecular formula is C26H23ClN4O3S2. The van der Waals surface area contributed by atoms with Crippen molar-refractivity contribution in [3.63, 3.8) is 0 Å². The van der Waals surface area contributed by atoms with Gasteiger partial charge in [0, 0.05) is 28.1 Å². The second kappa shape index (κ2) is 11.6. The number of nitrogens with zero attached hydrogens (tertiary/aromatic N) is 3. The predicted octanol–water partition coefficient (Wildman–Crippen LogP) is 6.34. The summed E-state index contributed by atoms with van der Waals surface area (Å²) >= 11 is 8.66. The molecule has 0 spiro atoms. The van der Waals surface area contributed by atoms with Gasteiger partial charge in [0.2, 0.25) is 5.91 Å². The van der Waals surface area contributed by atoms with Gasteiger partial charge in [-0.05, 0) is 24.6 Å². The number of esters is 1. The number of methoxy groups -OCH3 is 1. The van der Waals surface area contributed by atoms with Crippen LogP contribution in [0.2, 0.25) is 5.02 Å². The van der Waals surface area contributed by atoms with Gasteiger partial charge in [-0.25, -0.2) is 4.79 Å². The summed E-state index contributed by atoms with van der Waals surface area (Å²) in [5.74, 6) is -0.0794. The first-order valence-electron chi connectivity index (χ1n) is 10.9. The molecule has 0 aliphatic heterocycles. The number of allylic oxidation sites excluding steroid dienone is 1. The summed E-state index contributed by atoms with van der Waals surface area (Å²) in [4.78, 5) is 25.4. The number of hydrogen-bond donors (Lipinski definition) is 1. The second-order valence-corrected chi connectivity index (χ2v) is 10.0. The number of benzene rings is 2. The largest absolute Gasteiger partial charge is 0.465 e. The van der Waals surface area contributed by atoms with Crippen molar-refractivity contribution < 1.29 is 14.3 Å². The van der Waals surface area contributed by atoms with E-state index >= 15 is 0 Å². The summed E-state index contributed by atoms with van der Waals surface area (Å²) in [6.07, 6.45) is 1.74. The number of amides is 1. The number of carbonyl (C=O) groups excluding carboxylic acids is 2. The fraction of sp³-hybridized carbons (Fsp3) is 0.154. The van der Waals surface area contributed by atoms with Crippen LogP contribution in [0.5, 0.6) is 0 Å². The quantitative estimate of drug-likeness (QED) is 0.152. The molecule has 2 aromatic carbocycles. The number of thioether (sulfide) groups is 1. The minimum Gasteiger partial charge on any atom is -0.465 e. The van der Waals surface area contributed by atoms with E-state index in [0.29, 0.717) is 38.7 Å². The van der Waals surface area contributed by atoms with Crippen LogP contribution >= 0.6 is 34.7 Å². The number of halogens is 1. The van der Waals surface area contributed by atoms with E-state index in [2.05, 4.69) is 22.1 Å². The maximum Gasteiger partial charge on any atom is 0.341 e. The van der Waals surface area contributed by atoms with Crippen molar-refractivity contribution in [3.05, 3.63) is 82.7 Å². The normalized spacial score (nSPS) is 10.8. The monoisotopic (exact) mass is 538 g/mol. The number of aromatic nitrogens is 3. The molecule has 0 radical (unpaired) electrons. The van der Waals surface area contributed by atoms with Gasteiger partial charge in [0.05, 0.1) is 12.9 Å². The van der Waals surface area contributed by atoms with E-state index in [9.17, 15) is 9.59 Å². The van der Waals surface area contributed by atoms with Crippen molar-refractivity contribution in [2.24, 2.45) is 0 Å². The fourth-order valence-electron chi connectivity index (χ4n) is 3.52. The molecule has 1 N–H and O–H groups in total. The molecule has 0 saturated heterocycles. The molecule has 36 heavy (non-hydrogen) atoms. The zero-order valence-electron chi connectivity index (χ0n) is 19.7. The lowest BCUT2D eigenvalue weighted by Crippen LogP contribution is -2.16. The number of anilines is 1. The van der Waals surface area contributed by atoms with Crippen LogP contribution in [0.4, 0.5) is 5.00 Å². The van der Waals surface area contributed by atoms with E-state index in [-0.39, 0.29) is 11.7 Å². The van der Waals surface area contributed by atoms with Crippen molar-refractivity contribution in [2.75, 3.05) is 18.2 Å². The third-order valence-electron chi connectivity index (χ3n) is 5.24. The van der Waals surface area contributed by atoms with Crippen LogP contribution in [-0.4, -0.2) is 39.5 Å². The van der Waals surface area contributed by atoms with Crippen molar-refractivity contribution >= 4 is 51.6 Å². The van der Waals surface area contributed by atoms with Crippen LogP contribution in [0.3, 0.4) is 0 Å². The fourth-order valence-corrected chi connectivity index (χ4v) is 5.43. The van der Waals surface area contributed by atoms with E-state index in [1.165, 1.54) is 30.2 Å². The lowest BCUT2D eigenvalue weighted by atomic mass is 10.0. The minimum atomic E-state index is -0.508. The molecule has 0 unspecified atom stereocenters. The molecule has 10 heteroatoms. The number of hydrogen-bond acceptors (Lipinski definition) is 7. The summed E-state index contributed by atoms with van der Waals surface area (Å²) in [5.41, 5.74) is 3.85. The second-order valence-electron chi connectivity index (χ2n) is 7.76. The Labute approximate surface area is 222 Å². The Bertz CT molecular complexity index is 1410.